The summed E-state index contributed by atoms with van der Waals surface area (Å²) in [4.78, 5) is 21.4. The maximum atomic E-state index is 10.4. The molecule has 0 heterocycles. The fourth-order valence-electron chi connectivity index (χ4n) is 0.305. The number of hydrogen-bond acceptors (Lipinski definition) is 3. The molecule has 0 aliphatic carbocycles. The third-order valence-electron chi connectivity index (χ3n) is 0.786. The zero-order valence-corrected chi connectivity index (χ0v) is 5.46. The Hall–Kier alpha value is -1.06. The Kier molecular flexibility index (Phi) is 3.43. The Bertz CT molecular complexity index is 113. The standard InChI is InChI=1S/C5H9NO3/c1-6(4-7)3-5(8)9-2/h4H,3H2,1-2H3. The van der Waals surface area contributed by atoms with Crippen molar-refractivity contribution in [1.29, 1.82) is 0 Å². The van der Waals surface area contributed by atoms with Crippen molar-refractivity contribution in [3.05, 3.63) is 0 Å². The molecule has 0 aliphatic rings. The number of likely N-dealkylation sites (N-methyl/N-ethyl adjacent to an activating group) is 1. The van der Waals surface area contributed by atoms with Crippen molar-refractivity contribution in [1.82, 2.24) is 4.90 Å². The Morgan fingerprint density at radius 2 is 2.33 bits per heavy atom. The maximum absolute atomic E-state index is 10.4. The van der Waals surface area contributed by atoms with Gasteiger partial charge in [0.15, 0.2) is 0 Å². The molecule has 4 nitrogen and oxygen atoms in total. The third kappa shape index (κ3) is 3.52. The summed E-state index contributed by atoms with van der Waals surface area (Å²) in [6, 6.07) is 0. The molecule has 1 amide bonds. The number of nitrogens with zero attached hydrogens (tertiary/aromatic N) is 1. The van der Waals surface area contributed by atoms with Crippen LogP contribution in [-0.4, -0.2) is 38.0 Å². The Morgan fingerprint density at radius 3 is 2.67 bits per heavy atom. The lowest BCUT2D eigenvalue weighted by Crippen LogP contribution is -2.25. The van der Waals surface area contributed by atoms with Gasteiger partial charge in [0.25, 0.3) is 0 Å². The van der Waals surface area contributed by atoms with E-state index < -0.39 is 5.97 Å². The molecule has 0 aromatic rings. The molecule has 0 saturated heterocycles. The van der Waals surface area contributed by atoms with Crippen LogP contribution in [0.1, 0.15) is 0 Å². The molecule has 0 atom stereocenters. The molecular weight excluding hydrogens is 122 g/mol. The molecule has 0 radical (unpaired) electrons. The van der Waals surface area contributed by atoms with E-state index in [-0.39, 0.29) is 6.54 Å². The predicted octanol–water partition coefficient (Wildman–Crippen LogP) is -0.752. The first-order chi connectivity index (χ1) is 4.20. The van der Waals surface area contributed by atoms with Gasteiger partial charge in [-0.2, -0.15) is 0 Å². The van der Waals surface area contributed by atoms with Crippen LogP contribution in [0.25, 0.3) is 0 Å². The van der Waals surface area contributed by atoms with Crippen LogP contribution in [0.4, 0.5) is 0 Å². The van der Waals surface area contributed by atoms with Gasteiger partial charge in [-0.05, 0) is 0 Å². The van der Waals surface area contributed by atoms with Crippen molar-refractivity contribution in [2.75, 3.05) is 20.7 Å². The Morgan fingerprint density at radius 1 is 1.78 bits per heavy atom. The monoisotopic (exact) mass is 131 g/mol. The van der Waals surface area contributed by atoms with E-state index in [4.69, 9.17) is 0 Å². The summed E-state index contributed by atoms with van der Waals surface area (Å²) in [6.07, 6.45) is 0.566. The lowest BCUT2D eigenvalue weighted by molar-refractivity contribution is -0.143. The fourth-order valence-corrected chi connectivity index (χ4v) is 0.305. The smallest absolute Gasteiger partial charge is 0.325 e. The molecule has 0 saturated carbocycles. The second-order valence-electron chi connectivity index (χ2n) is 1.60. The van der Waals surface area contributed by atoms with Crippen LogP contribution in [0.5, 0.6) is 0 Å². The largest absolute Gasteiger partial charge is 0.468 e. The van der Waals surface area contributed by atoms with Crippen molar-refractivity contribution in [3.8, 4) is 0 Å². The van der Waals surface area contributed by atoms with Crippen molar-refractivity contribution in [3.63, 3.8) is 0 Å². The SMILES string of the molecule is COC(=O)CN(C)C=O. The van der Waals surface area contributed by atoms with Gasteiger partial charge in [0.1, 0.15) is 6.54 Å². The summed E-state index contributed by atoms with van der Waals surface area (Å²) >= 11 is 0. The normalized spacial score (nSPS) is 8.22. The summed E-state index contributed by atoms with van der Waals surface area (Å²) in [5, 5.41) is 0. The molecule has 52 valence electrons. The Balaban J connectivity index is 3.46. The highest BCUT2D eigenvalue weighted by molar-refractivity contribution is 5.73. The zero-order valence-electron chi connectivity index (χ0n) is 5.46. The van der Waals surface area contributed by atoms with Crippen LogP contribution >= 0.6 is 0 Å². The molecule has 4 heteroatoms. The van der Waals surface area contributed by atoms with E-state index in [2.05, 4.69) is 4.74 Å². The molecule has 0 N–H and O–H groups in total. The first kappa shape index (κ1) is 7.94. The van der Waals surface area contributed by atoms with Crippen molar-refractivity contribution in [2.45, 2.75) is 0 Å². The van der Waals surface area contributed by atoms with E-state index in [1.165, 1.54) is 19.1 Å². The average Bonchev–Trinajstić information content (AvgIpc) is 1.87. The first-order valence-electron chi connectivity index (χ1n) is 2.43. The highest BCUT2D eigenvalue weighted by atomic mass is 16.5. The van der Waals surface area contributed by atoms with Crippen LogP contribution in [-0.2, 0) is 14.3 Å². The topological polar surface area (TPSA) is 46.6 Å². The van der Waals surface area contributed by atoms with Gasteiger partial charge in [-0.1, -0.05) is 0 Å². The van der Waals surface area contributed by atoms with Gasteiger partial charge in [0.05, 0.1) is 7.11 Å². The van der Waals surface area contributed by atoms with Crippen LogP contribution in [0.3, 0.4) is 0 Å². The third-order valence-corrected chi connectivity index (χ3v) is 0.786. The molecule has 0 spiro atoms. The summed E-state index contributed by atoms with van der Waals surface area (Å²) in [6.45, 7) is 0.0139. The highest BCUT2D eigenvalue weighted by Gasteiger charge is 2.01. The number of carbonyl (C=O) groups excluding carboxylic acids is 2. The molecule has 0 aromatic heterocycles. The summed E-state index contributed by atoms with van der Waals surface area (Å²) in [7, 11) is 2.78. The van der Waals surface area contributed by atoms with E-state index in [0.717, 1.165) is 0 Å². The van der Waals surface area contributed by atoms with E-state index in [1.54, 1.807) is 0 Å². The molecule has 9 heavy (non-hydrogen) atoms. The van der Waals surface area contributed by atoms with Crippen LogP contribution in [0.2, 0.25) is 0 Å². The minimum absolute atomic E-state index is 0.0139. The molecule has 0 fully saturated rings. The number of rotatable bonds is 3. The quantitative estimate of drug-likeness (QED) is 0.374. The van der Waals surface area contributed by atoms with E-state index in [0.29, 0.717) is 6.41 Å². The second-order valence-corrected chi connectivity index (χ2v) is 1.60. The highest BCUT2D eigenvalue weighted by Crippen LogP contribution is 1.77. The lowest BCUT2D eigenvalue weighted by Gasteiger charge is -2.06. The lowest BCUT2D eigenvalue weighted by atomic mass is 10.6. The summed E-state index contributed by atoms with van der Waals surface area (Å²) < 4.78 is 4.28. The van der Waals surface area contributed by atoms with E-state index in [9.17, 15) is 9.59 Å². The number of ether oxygens (including phenoxy) is 1. The molecule has 0 bridgehead atoms. The second kappa shape index (κ2) is 3.88. The predicted molar refractivity (Wildman–Crippen MR) is 30.7 cm³/mol. The molecule has 0 aromatic carbocycles. The molecule has 0 aliphatic heterocycles. The number of amides is 1. The van der Waals surface area contributed by atoms with E-state index in [1.807, 2.05) is 0 Å². The van der Waals surface area contributed by atoms with Crippen molar-refractivity contribution in [2.24, 2.45) is 0 Å². The first-order valence-corrected chi connectivity index (χ1v) is 2.43. The average molecular weight is 131 g/mol. The molecule has 0 rings (SSSR count). The van der Waals surface area contributed by atoms with Gasteiger partial charge < -0.3 is 9.64 Å². The van der Waals surface area contributed by atoms with Crippen LogP contribution in [0, 0.1) is 0 Å². The van der Waals surface area contributed by atoms with E-state index >= 15 is 0 Å². The molecule has 0 unspecified atom stereocenters. The fraction of sp³-hybridized carbons (Fsp3) is 0.600. The minimum atomic E-state index is -0.412. The minimum Gasteiger partial charge on any atom is -0.468 e. The maximum Gasteiger partial charge on any atom is 0.325 e. The zero-order chi connectivity index (χ0) is 7.28. The summed E-state index contributed by atoms with van der Waals surface area (Å²) in [5.74, 6) is -0.412. The van der Waals surface area contributed by atoms with Gasteiger partial charge in [0.2, 0.25) is 6.41 Å². The number of methoxy groups -OCH3 is 1. The van der Waals surface area contributed by atoms with Gasteiger partial charge in [-0.25, -0.2) is 0 Å². The van der Waals surface area contributed by atoms with Gasteiger partial charge in [-0.15, -0.1) is 0 Å². The number of hydrogen-bond donors (Lipinski definition) is 0. The molecular formula is C5H9NO3. The van der Waals surface area contributed by atoms with Crippen LogP contribution in [0.15, 0.2) is 0 Å². The van der Waals surface area contributed by atoms with Crippen molar-refractivity contribution < 1.29 is 14.3 Å². The van der Waals surface area contributed by atoms with Crippen LogP contribution < -0.4 is 0 Å². The number of esters is 1. The van der Waals surface area contributed by atoms with Gasteiger partial charge >= 0.3 is 5.97 Å². The van der Waals surface area contributed by atoms with Gasteiger partial charge in [0, 0.05) is 7.05 Å². The summed E-state index contributed by atoms with van der Waals surface area (Å²) in [5.41, 5.74) is 0. The number of carbonyl (C=O) groups is 2. The van der Waals surface area contributed by atoms with Gasteiger partial charge in [-0.3, -0.25) is 9.59 Å². The van der Waals surface area contributed by atoms with Crippen molar-refractivity contribution >= 4 is 12.4 Å². The Labute approximate surface area is 53.4 Å².